The van der Waals surface area contributed by atoms with Gasteiger partial charge in [-0.2, -0.15) is 0 Å². The number of hydrogen-bond acceptors (Lipinski definition) is 4. The van der Waals surface area contributed by atoms with E-state index in [0.717, 1.165) is 22.8 Å². The summed E-state index contributed by atoms with van der Waals surface area (Å²) < 4.78 is 0. The lowest BCUT2D eigenvalue weighted by atomic mass is 10.1. The van der Waals surface area contributed by atoms with Crippen LogP contribution in [0.25, 0.3) is 17.3 Å². The van der Waals surface area contributed by atoms with Crippen LogP contribution in [0, 0.1) is 0 Å². The molecule has 0 aliphatic carbocycles. The first-order chi connectivity index (χ1) is 12.6. The zero-order chi connectivity index (χ0) is 18.4. The number of nitrogens with zero attached hydrogens (tertiary/aromatic N) is 1. The molecule has 0 saturated carbocycles. The Morgan fingerprint density at radius 3 is 2.54 bits per heavy atom. The van der Waals surface area contributed by atoms with E-state index in [0.29, 0.717) is 16.6 Å². The van der Waals surface area contributed by atoms with E-state index in [2.05, 4.69) is 9.97 Å². The van der Waals surface area contributed by atoms with Crippen molar-refractivity contribution in [2.45, 2.75) is 10.9 Å². The van der Waals surface area contributed by atoms with E-state index >= 15 is 0 Å². The fraction of sp³-hybridized carbons (Fsp3) is 0.0500. The maximum Gasteiger partial charge on any atom is 0.328 e. The standard InChI is InChI=1S/C20H16N2O3S/c23-18-12-17(16-4-2-1-3-5-16)21-20(22-18)26-13-15-8-6-14(7-9-15)10-11-19(24)25/h1-12H,13H2,(H,24,25)(H,21,22,23)/b11-10+. The Hall–Kier alpha value is -3.12. The third-order valence-electron chi connectivity index (χ3n) is 3.56. The zero-order valence-corrected chi connectivity index (χ0v) is 14.6. The first kappa shape index (κ1) is 17.7. The lowest BCUT2D eigenvalue weighted by molar-refractivity contribution is -0.131. The van der Waals surface area contributed by atoms with Crippen molar-refractivity contribution in [1.82, 2.24) is 9.97 Å². The smallest absolute Gasteiger partial charge is 0.328 e. The van der Waals surface area contributed by atoms with Gasteiger partial charge in [0, 0.05) is 23.5 Å². The highest BCUT2D eigenvalue weighted by Crippen LogP contribution is 2.22. The Morgan fingerprint density at radius 1 is 1.12 bits per heavy atom. The quantitative estimate of drug-likeness (QED) is 0.395. The number of nitrogens with one attached hydrogen (secondary N) is 1. The number of H-pyrrole nitrogens is 1. The van der Waals surface area contributed by atoms with E-state index in [1.54, 1.807) is 6.08 Å². The molecule has 3 rings (SSSR count). The van der Waals surface area contributed by atoms with E-state index in [4.69, 9.17) is 5.11 Å². The average molecular weight is 364 g/mol. The van der Waals surface area contributed by atoms with Gasteiger partial charge < -0.3 is 10.1 Å². The second-order valence-electron chi connectivity index (χ2n) is 5.50. The summed E-state index contributed by atoms with van der Waals surface area (Å²) >= 11 is 1.44. The minimum absolute atomic E-state index is 0.185. The summed E-state index contributed by atoms with van der Waals surface area (Å²) in [7, 11) is 0. The highest BCUT2D eigenvalue weighted by atomic mass is 32.2. The molecule has 1 heterocycles. The van der Waals surface area contributed by atoms with Crippen molar-refractivity contribution in [1.29, 1.82) is 0 Å². The third-order valence-corrected chi connectivity index (χ3v) is 4.51. The summed E-state index contributed by atoms with van der Waals surface area (Å²) in [6.45, 7) is 0. The molecule has 1 aromatic heterocycles. The average Bonchev–Trinajstić information content (AvgIpc) is 2.66. The first-order valence-electron chi connectivity index (χ1n) is 7.90. The molecule has 2 N–H and O–H groups in total. The Morgan fingerprint density at radius 2 is 1.85 bits per heavy atom. The highest BCUT2D eigenvalue weighted by molar-refractivity contribution is 7.98. The Bertz CT molecular complexity index is 980. The number of rotatable bonds is 6. The van der Waals surface area contributed by atoms with Crippen LogP contribution in [0.4, 0.5) is 0 Å². The van der Waals surface area contributed by atoms with Crippen LogP contribution in [-0.2, 0) is 10.5 Å². The van der Waals surface area contributed by atoms with Gasteiger partial charge in [-0.05, 0) is 17.2 Å². The molecule has 0 atom stereocenters. The number of carboxylic acids is 1. The van der Waals surface area contributed by atoms with Crippen LogP contribution >= 0.6 is 11.8 Å². The minimum Gasteiger partial charge on any atom is -0.478 e. The second-order valence-corrected chi connectivity index (χ2v) is 6.47. The molecule has 0 bridgehead atoms. The van der Waals surface area contributed by atoms with Crippen LogP contribution in [0.15, 0.2) is 76.7 Å². The normalized spacial score (nSPS) is 10.9. The molecule has 0 unspecified atom stereocenters. The lowest BCUT2D eigenvalue weighted by Crippen LogP contribution is -2.08. The second kappa shape index (κ2) is 8.31. The van der Waals surface area contributed by atoms with Crippen molar-refractivity contribution < 1.29 is 9.90 Å². The molecule has 0 radical (unpaired) electrons. The molecule has 2 aromatic carbocycles. The molecule has 0 fully saturated rings. The van der Waals surface area contributed by atoms with Gasteiger partial charge in [0.15, 0.2) is 5.16 Å². The van der Waals surface area contributed by atoms with Gasteiger partial charge in [0.05, 0.1) is 5.69 Å². The van der Waals surface area contributed by atoms with Gasteiger partial charge >= 0.3 is 5.97 Å². The van der Waals surface area contributed by atoms with Crippen LogP contribution in [0.5, 0.6) is 0 Å². The Balaban J connectivity index is 1.71. The third kappa shape index (κ3) is 4.94. The van der Waals surface area contributed by atoms with Gasteiger partial charge in [-0.15, -0.1) is 0 Å². The molecule has 130 valence electrons. The number of benzene rings is 2. The van der Waals surface area contributed by atoms with Crippen LogP contribution < -0.4 is 5.56 Å². The Labute approximate surface area is 154 Å². The van der Waals surface area contributed by atoms with Crippen molar-refractivity contribution >= 4 is 23.8 Å². The van der Waals surface area contributed by atoms with E-state index in [9.17, 15) is 9.59 Å². The molecule has 6 heteroatoms. The molecule has 0 saturated heterocycles. The van der Waals surface area contributed by atoms with Crippen LogP contribution in [-0.4, -0.2) is 21.0 Å². The first-order valence-corrected chi connectivity index (χ1v) is 8.88. The molecular weight excluding hydrogens is 348 g/mol. The maximum atomic E-state index is 11.9. The fourth-order valence-electron chi connectivity index (χ4n) is 2.30. The number of carbonyl (C=O) groups is 1. The van der Waals surface area contributed by atoms with Gasteiger partial charge in [0.1, 0.15) is 0 Å². The molecule has 0 aliphatic heterocycles. The van der Waals surface area contributed by atoms with Gasteiger partial charge in [0.25, 0.3) is 5.56 Å². The maximum absolute atomic E-state index is 11.9. The van der Waals surface area contributed by atoms with Gasteiger partial charge in [-0.25, -0.2) is 9.78 Å². The SMILES string of the molecule is O=C(O)/C=C/c1ccc(CSc2nc(-c3ccccc3)cc(=O)[nH]2)cc1. The predicted octanol–water partition coefficient (Wildman–Crippen LogP) is 3.83. The monoisotopic (exact) mass is 364 g/mol. The van der Waals surface area contributed by atoms with Gasteiger partial charge in [-0.3, -0.25) is 4.79 Å². The summed E-state index contributed by atoms with van der Waals surface area (Å²) in [6.07, 6.45) is 2.65. The summed E-state index contributed by atoms with van der Waals surface area (Å²) in [5.74, 6) is -0.331. The van der Waals surface area contributed by atoms with Crippen LogP contribution in [0.3, 0.4) is 0 Å². The van der Waals surface area contributed by atoms with Crippen LogP contribution in [0.1, 0.15) is 11.1 Å². The van der Waals surface area contributed by atoms with Gasteiger partial charge in [-0.1, -0.05) is 66.4 Å². The molecule has 3 aromatic rings. The van der Waals surface area contributed by atoms with E-state index in [1.165, 1.54) is 17.8 Å². The van der Waals surface area contributed by atoms with E-state index < -0.39 is 5.97 Å². The van der Waals surface area contributed by atoms with Crippen LogP contribution in [0.2, 0.25) is 0 Å². The summed E-state index contributed by atoms with van der Waals surface area (Å²) in [4.78, 5) is 29.7. The highest BCUT2D eigenvalue weighted by Gasteiger charge is 2.05. The van der Waals surface area contributed by atoms with Crippen molar-refractivity contribution in [3.63, 3.8) is 0 Å². The molecular formula is C20H16N2O3S. The number of carboxylic acid groups (broad SMARTS) is 1. The fourth-order valence-corrected chi connectivity index (χ4v) is 3.14. The molecule has 0 spiro atoms. The summed E-state index contributed by atoms with van der Waals surface area (Å²) in [5, 5.41) is 9.20. The molecule has 5 nitrogen and oxygen atoms in total. The number of thioether (sulfide) groups is 1. The molecule has 0 amide bonds. The summed E-state index contributed by atoms with van der Waals surface area (Å²) in [5.41, 5.74) is 3.23. The van der Waals surface area contributed by atoms with Crippen molar-refractivity contribution in [2.24, 2.45) is 0 Å². The number of aromatic nitrogens is 2. The van der Waals surface area contributed by atoms with Crippen molar-refractivity contribution in [2.75, 3.05) is 0 Å². The molecule has 0 aliphatic rings. The summed E-state index contributed by atoms with van der Waals surface area (Å²) in [6, 6.07) is 18.6. The topological polar surface area (TPSA) is 83.0 Å². The van der Waals surface area contributed by atoms with Gasteiger partial charge in [0.2, 0.25) is 0 Å². The van der Waals surface area contributed by atoms with E-state index in [1.807, 2.05) is 54.6 Å². The Kier molecular flexibility index (Phi) is 5.66. The molecule has 26 heavy (non-hydrogen) atoms. The van der Waals surface area contributed by atoms with Crippen molar-refractivity contribution in [3.8, 4) is 11.3 Å². The number of aromatic amines is 1. The van der Waals surface area contributed by atoms with Crippen molar-refractivity contribution in [3.05, 3.63) is 88.2 Å². The largest absolute Gasteiger partial charge is 0.478 e. The lowest BCUT2D eigenvalue weighted by Gasteiger charge is -2.05. The zero-order valence-electron chi connectivity index (χ0n) is 13.8. The predicted molar refractivity (Wildman–Crippen MR) is 103 cm³/mol. The number of aliphatic carboxylic acids is 1. The van der Waals surface area contributed by atoms with E-state index in [-0.39, 0.29) is 5.56 Å². The minimum atomic E-state index is -0.974. The number of hydrogen-bond donors (Lipinski definition) is 2.